The third kappa shape index (κ3) is 2.49. The summed E-state index contributed by atoms with van der Waals surface area (Å²) in [6.45, 7) is 1.78. The molecule has 78 valence electrons. The zero-order valence-electron chi connectivity index (χ0n) is 7.23. The second-order valence-electron chi connectivity index (χ2n) is 2.40. The van der Waals surface area contributed by atoms with Crippen LogP contribution in [0.25, 0.3) is 0 Å². The Balaban J connectivity index is 3.22. The Labute approximate surface area is 92.6 Å². The van der Waals surface area contributed by atoms with E-state index in [4.69, 9.17) is 4.74 Å². The SMILES string of the molecule is CCOc1nccc(I)c1C(F)(F)F. The minimum Gasteiger partial charge on any atom is -0.478 e. The van der Waals surface area contributed by atoms with Crippen LogP contribution in [0.5, 0.6) is 5.88 Å². The number of hydrogen-bond donors (Lipinski definition) is 0. The molecule has 0 atom stereocenters. The van der Waals surface area contributed by atoms with Gasteiger partial charge in [0, 0.05) is 9.77 Å². The second-order valence-corrected chi connectivity index (χ2v) is 3.57. The Bertz CT molecular complexity index is 327. The molecular weight excluding hydrogens is 310 g/mol. The summed E-state index contributed by atoms with van der Waals surface area (Å²) in [6.07, 6.45) is -3.13. The normalized spacial score (nSPS) is 11.5. The summed E-state index contributed by atoms with van der Waals surface area (Å²) in [4.78, 5) is 3.55. The molecule has 0 saturated heterocycles. The Hall–Kier alpha value is -0.530. The van der Waals surface area contributed by atoms with E-state index in [-0.39, 0.29) is 16.1 Å². The van der Waals surface area contributed by atoms with Gasteiger partial charge in [0.05, 0.1) is 6.61 Å². The molecule has 0 bridgehead atoms. The van der Waals surface area contributed by atoms with Gasteiger partial charge in [0.15, 0.2) is 0 Å². The fourth-order valence-corrected chi connectivity index (χ4v) is 1.62. The van der Waals surface area contributed by atoms with Crippen LogP contribution in [0.4, 0.5) is 13.2 Å². The van der Waals surface area contributed by atoms with Crippen molar-refractivity contribution < 1.29 is 17.9 Å². The first-order valence-corrected chi connectivity index (χ1v) is 4.89. The summed E-state index contributed by atoms with van der Waals surface area (Å²) in [5.41, 5.74) is -0.803. The highest BCUT2D eigenvalue weighted by Crippen LogP contribution is 2.37. The van der Waals surface area contributed by atoms with E-state index in [0.29, 0.717) is 0 Å². The predicted octanol–water partition coefficient (Wildman–Crippen LogP) is 3.10. The second kappa shape index (κ2) is 4.33. The zero-order chi connectivity index (χ0) is 10.8. The van der Waals surface area contributed by atoms with Crippen LogP contribution in [-0.4, -0.2) is 11.6 Å². The van der Waals surface area contributed by atoms with Gasteiger partial charge in [-0.15, -0.1) is 0 Å². The van der Waals surface area contributed by atoms with Crippen LogP contribution in [0.3, 0.4) is 0 Å². The average molecular weight is 317 g/mol. The standard InChI is InChI=1S/C8H7F3INO/c1-2-14-7-6(8(9,10)11)5(12)3-4-13-7/h3-4H,2H2,1H3. The molecule has 0 aromatic carbocycles. The average Bonchev–Trinajstić information content (AvgIpc) is 2.02. The highest BCUT2D eigenvalue weighted by Gasteiger charge is 2.37. The van der Waals surface area contributed by atoms with Crippen molar-refractivity contribution in [2.24, 2.45) is 0 Å². The molecule has 0 saturated carbocycles. The van der Waals surface area contributed by atoms with E-state index < -0.39 is 11.7 Å². The summed E-state index contributed by atoms with van der Waals surface area (Å²) >= 11 is 1.61. The van der Waals surface area contributed by atoms with Crippen LogP contribution in [0.1, 0.15) is 12.5 Å². The maximum absolute atomic E-state index is 12.5. The maximum atomic E-state index is 12.5. The molecule has 1 heterocycles. The molecule has 0 fully saturated rings. The van der Waals surface area contributed by atoms with E-state index >= 15 is 0 Å². The molecule has 0 radical (unpaired) electrons. The smallest absolute Gasteiger partial charge is 0.422 e. The van der Waals surface area contributed by atoms with Gasteiger partial charge in [-0.25, -0.2) is 4.98 Å². The molecule has 2 nitrogen and oxygen atoms in total. The lowest BCUT2D eigenvalue weighted by Crippen LogP contribution is -2.12. The van der Waals surface area contributed by atoms with Crippen molar-refractivity contribution in [3.05, 3.63) is 21.4 Å². The number of pyridine rings is 1. The summed E-state index contributed by atoms with van der Waals surface area (Å²) in [5, 5.41) is 0. The summed E-state index contributed by atoms with van der Waals surface area (Å²) in [7, 11) is 0. The molecule has 0 aliphatic carbocycles. The molecule has 0 N–H and O–H groups in total. The molecule has 0 amide bonds. The Morgan fingerprint density at radius 1 is 1.50 bits per heavy atom. The van der Waals surface area contributed by atoms with Crippen LogP contribution < -0.4 is 4.74 Å². The van der Waals surface area contributed by atoms with Gasteiger partial charge >= 0.3 is 6.18 Å². The highest BCUT2D eigenvalue weighted by atomic mass is 127. The molecule has 1 rings (SSSR count). The fourth-order valence-electron chi connectivity index (χ4n) is 0.923. The molecule has 0 aliphatic rings. The largest absolute Gasteiger partial charge is 0.478 e. The molecule has 0 unspecified atom stereocenters. The van der Waals surface area contributed by atoms with E-state index in [2.05, 4.69) is 4.98 Å². The first-order chi connectivity index (χ1) is 6.46. The van der Waals surface area contributed by atoms with E-state index in [1.807, 2.05) is 0 Å². The van der Waals surface area contributed by atoms with Gasteiger partial charge in [-0.3, -0.25) is 0 Å². The minimum absolute atomic E-state index is 0.0913. The molecule has 14 heavy (non-hydrogen) atoms. The van der Waals surface area contributed by atoms with Crippen LogP contribution >= 0.6 is 22.6 Å². The fraction of sp³-hybridized carbons (Fsp3) is 0.375. The number of rotatable bonds is 2. The first-order valence-electron chi connectivity index (χ1n) is 3.81. The number of nitrogens with zero attached hydrogens (tertiary/aromatic N) is 1. The van der Waals surface area contributed by atoms with Crippen molar-refractivity contribution in [2.75, 3.05) is 6.61 Å². The number of ether oxygens (including phenoxy) is 1. The molecule has 1 aromatic heterocycles. The van der Waals surface area contributed by atoms with Crippen molar-refractivity contribution in [3.63, 3.8) is 0 Å². The Morgan fingerprint density at radius 3 is 2.64 bits per heavy atom. The lowest BCUT2D eigenvalue weighted by Gasteiger charge is -2.12. The molecule has 6 heteroatoms. The van der Waals surface area contributed by atoms with Gasteiger partial charge in [-0.05, 0) is 35.6 Å². The lowest BCUT2D eigenvalue weighted by atomic mass is 10.2. The maximum Gasteiger partial charge on any atom is 0.422 e. The molecule has 0 spiro atoms. The summed E-state index contributed by atoms with van der Waals surface area (Å²) in [6, 6.07) is 1.30. The number of aromatic nitrogens is 1. The van der Waals surface area contributed by atoms with Crippen molar-refractivity contribution in [3.8, 4) is 5.88 Å². The number of halogens is 4. The monoisotopic (exact) mass is 317 g/mol. The number of hydrogen-bond acceptors (Lipinski definition) is 2. The lowest BCUT2D eigenvalue weighted by molar-refractivity contribution is -0.140. The van der Waals surface area contributed by atoms with Crippen molar-refractivity contribution in [2.45, 2.75) is 13.1 Å². The highest BCUT2D eigenvalue weighted by molar-refractivity contribution is 14.1. The summed E-state index contributed by atoms with van der Waals surface area (Å²) < 4.78 is 42.4. The topological polar surface area (TPSA) is 22.1 Å². The van der Waals surface area contributed by atoms with Gasteiger partial charge in [0.2, 0.25) is 5.88 Å². The van der Waals surface area contributed by atoms with Gasteiger partial charge in [-0.2, -0.15) is 13.2 Å². The molecule has 0 aliphatic heterocycles. The van der Waals surface area contributed by atoms with Crippen molar-refractivity contribution in [1.29, 1.82) is 0 Å². The van der Waals surface area contributed by atoms with E-state index in [1.54, 1.807) is 29.5 Å². The summed E-state index contributed by atoms with van der Waals surface area (Å²) in [5.74, 6) is -0.355. The molecule has 1 aromatic rings. The van der Waals surface area contributed by atoms with E-state index in [0.717, 1.165) is 0 Å². The molecular formula is C8H7F3INO. The van der Waals surface area contributed by atoms with Crippen molar-refractivity contribution >= 4 is 22.6 Å². The number of alkyl halides is 3. The third-order valence-electron chi connectivity index (χ3n) is 1.43. The predicted molar refractivity (Wildman–Crippen MR) is 53.1 cm³/mol. The van der Waals surface area contributed by atoms with Gasteiger partial charge in [-0.1, -0.05) is 0 Å². The third-order valence-corrected chi connectivity index (χ3v) is 2.33. The quantitative estimate of drug-likeness (QED) is 0.782. The van der Waals surface area contributed by atoms with Gasteiger partial charge in [0.25, 0.3) is 0 Å². The van der Waals surface area contributed by atoms with Crippen LogP contribution in [0, 0.1) is 3.57 Å². The Morgan fingerprint density at radius 2 is 2.14 bits per heavy atom. The van der Waals surface area contributed by atoms with Crippen LogP contribution in [0.15, 0.2) is 12.3 Å². The van der Waals surface area contributed by atoms with Crippen molar-refractivity contribution in [1.82, 2.24) is 4.98 Å². The van der Waals surface area contributed by atoms with Crippen LogP contribution in [0.2, 0.25) is 0 Å². The van der Waals surface area contributed by atoms with Gasteiger partial charge < -0.3 is 4.74 Å². The van der Waals surface area contributed by atoms with Gasteiger partial charge in [0.1, 0.15) is 5.56 Å². The Kier molecular flexibility index (Phi) is 3.57. The van der Waals surface area contributed by atoms with E-state index in [1.165, 1.54) is 12.3 Å². The van der Waals surface area contributed by atoms with Crippen LogP contribution in [-0.2, 0) is 6.18 Å². The zero-order valence-corrected chi connectivity index (χ0v) is 9.39. The van der Waals surface area contributed by atoms with E-state index in [9.17, 15) is 13.2 Å². The first kappa shape index (κ1) is 11.5. The minimum atomic E-state index is -4.42.